The molecule has 94 valence electrons. The Bertz CT molecular complexity index is 321. The summed E-state index contributed by atoms with van der Waals surface area (Å²) in [5.41, 5.74) is -0.768. The van der Waals surface area contributed by atoms with Crippen LogP contribution in [0, 0.1) is 16.7 Å². The summed E-state index contributed by atoms with van der Waals surface area (Å²) in [6.07, 6.45) is 6.31. The van der Waals surface area contributed by atoms with Gasteiger partial charge in [0.1, 0.15) is 5.41 Å². The zero-order chi connectivity index (χ0) is 12.3. The molecule has 0 radical (unpaired) electrons. The number of carbonyl (C=O) groups excluding carboxylic acids is 1. The summed E-state index contributed by atoms with van der Waals surface area (Å²) in [6, 6.07) is 2.36. The average Bonchev–Trinajstić information content (AvgIpc) is 2.82. The van der Waals surface area contributed by atoms with E-state index < -0.39 is 5.41 Å². The van der Waals surface area contributed by atoms with E-state index in [1.54, 1.807) is 0 Å². The van der Waals surface area contributed by atoms with Gasteiger partial charge < -0.3 is 10.4 Å². The maximum Gasteiger partial charge on any atom is 0.240 e. The molecule has 17 heavy (non-hydrogen) atoms. The molecule has 2 N–H and O–H groups in total. The Morgan fingerprint density at radius 1 is 1.24 bits per heavy atom. The fourth-order valence-electron chi connectivity index (χ4n) is 2.91. The van der Waals surface area contributed by atoms with Crippen LogP contribution in [0.1, 0.15) is 51.4 Å². The molecule has 0 unspecified atom stereocenters. The van der Waals surface area contributed by atoms with Crippen LogP contribution in [0.5, 0.6) is 0 Å². The molecule has 0 aliphatic heterocycles. The molecule has 2 aliphatic rings. The highest BCUT2D eigenvalue weighted by atomic mass is 16.3. The molecule has 2 rings (SSSR count). The monoisotopic (exact) mass is 236 g/mol. The number of amides is 1. The Morgan fingerprint density at radius 2 is 1.82 bits per heavy atom. The molecule has 0 aromatic heterocycles. The largest absolute Gasteiger partial charge is 0.393 e. The molecule has 4 nitrogen and oxygen atoms in total. The molecule has 0 aromatic rings. The minimum atomic E-state index is -0.768. The van der Waals surface area contributed by atoms with Crippen molar-refractivity contribution in [2.75, 3.05) is 0 Å². The van der Waals surface area contributed by atoms with Crippen molar-refractivity contribution in [1.29, 1.82) is 5.26 Å². The predicted molar refractivity (Wildman–Crippen MR) is 62.9 cm³/mol. The van der Waals surface area contributed by atoms with E-state index >= 15 is 0 Å². The molecule has 2 saturated carbocycles. The zero-order valence-electron chi connectivity index (χ0n) is 10.1. The Kier molecular flexibility index (Phi) is 3.68. The molecule has 4 heteroatoms. The van der Waals surface area contributed by atoms with Crippen molar-refractivity contribution in [3.05, 3.63) is 0 Å². The molecule has 0 aromatic carbocycles. The van der Waals surface area contributed by atoms with Crippen molar-refractivity contribution in [3.8, 4) is 6.07 Å². The summed E-state index contributed by atoms with van der Waals surface area (Å²) in [5, 5.41) is 21.6. The van der Waals surface area contributed by atoms with E-state index in [0.29, 0.717) is 12.8 Å². The van der Waals surface area contributed by atoms with E-state index in [0.717, 1.165) is 38.5 Å². The average molecular weight is 236 g/mol. The first kappa shape index (κ1) is 12.4. The van der Waals surface area contributed by atoms with Crippen molar-refractivity contribution >= 4 is 5.91 Å². The second-order valence-corrected chi connectivity index (χ2v) is 5.38. The minimum Gasteiger partial charge on any atom is -0.393 e. The number of hydrogen-bond acceptors (Lipinski definition) is 3. The molecular weight excluding hydrogens is 216 g/mol. The number of rotatable bonds is 2. The molecule has 2 fully saturated rings. The van der Waals surface area contributed by atoms with Gasteiger partial charge in [0, 0.05) is 6.04 Å². The number of hydrogen-bond donors (Lipinski definition) is 2. The van der Waals surface area contributed by atoms with E-state index in [4.69, 9.17) is 0 Å². The van der Waals surface area contributed by atoms with E-state index in [1.807, 2.05) is 0 Å². The summed E-state index contributed by atoms with van der Waals surface area (Å²) >= 11 is 0. The lowest BCUT2D eigenvalue weighted by Crippen LogP contribution is -2.45. The second-order valence-electron chi connectivity index (χ2n) is 5.38. The van der Waals surface area contributed by atoms with Crippen molar-refractivity contribution in [1.82, 2.24) is 5.32 Å². The van der Waals surface area contributed by atoms with Crippen molar-refractivity contribution in [2.24, 2.45) is 5.41 Å². The van der Waals surface area contributed by atoms with Crippen molar-refractivity contribution < 1.29 is 9.90 Å². The highest BCUT2D eigenvalue weighted by Crippen LogP contribution is 2.38. The van der Waals surface area contributed by atoms with Gasteiger partial charge >= 0.3 is 0 Å². The zero-order valence-corrected chi connectivity index (χ0v) is 10.1. The summed E-state index contributed by atoms with van der Waals surface area (Å²) in [7, 11) is 0. The summed E-state index contributed by atoms with van der Waals surface area (Å²) in [5.74, 6) is -0.0844. The number of aliphatic hydroxyl groups excluding tert-OH is 1. The van der Waals surface area contributed by atoms with Crippen molar-refractivity contribution in [2.45, 2.75) is 63.5 Å². The van der Waals surface area contributed by atoms with Gasteiger partial charge in [-0.1, -0.05) is 12.8 Å². The lowest BCUT2D eigenvalue weighted by Gasteiger charge is -2.29. The third-order valence-electron chi connectivity index (χ3n) is 4.14. The van der Waals surface area contributed by atoms with Crippen LogP contribution < -0.4 is 5.32 Å². The summed E-state index contributed by atoms with van der Waals surface area (Å²) in [6.45, 7) is 0. The second kappa shape index (κ2) is 5.05. The van der Waals surface area contributed by atoms with E-state index in [-0.39, 0.29) is 18.1 Å². The maximum atomic E-state index is 12.2. The molecule has 0 heterocycles. The van der Waals surface area contributed by atoms with Crippen LogP contribution in [0.2, 0.25) is 0 Å². The van der Waals surface area contributed by atoms with E-state index in [2.05, 4.69) is 11.4 Å². The van der Waals surface area contributed by atoms with Crippen LogP contribution in [-0.2, 0) is 4.79 Å². The van der Waals surface area contributed by atoms with Gasteiger partial charge in [-0.2, -0.15) is 5.26 Å². The molecule has 1 amide bonds. The van der Waals surface area contributed by atoms with Gasteiger partial charge in [0.2, 0.25) is 5.91 Å². The van der Waals surface area contributed by atoms with Crippen LogP contribution in [0.3, 0.4) is 0 Å². The molecule has 2 aliphatic carbocycles. The Morgan fingerprint density at radius 3 is 2.35 bits per heavy atom. The summed E-state index contributed by atoms with van der Waals surface area (Å²) < 4.78 is 0. The van der Waals surface area contributed by atoms with Gasteiger partial charge in [0.15, 0.2) is 0 Å². The van der Waals surface area contributed by atoms with Crippen molar-refractivity contribution in [3.63, 3.8) is 0 Å². The van der Waals surface area contributed by atoms with Gasteiger partial charge in [0.25, 0.3) is 0 Å². The van der Waals surface area contributed by atoms with E-state index in [9.17, 15) is 15.2 Å². The molecular formula is C13H20N2O2. The topological polar surface area (TPSA) is 73.1 Å². The Balaban J connectivity index is 1.90. The minimum absolute atomic E-state index is 0.0844. The van der Waals surface area contributed by atoms with Crippen LogP contribution >= 0.6 is 0 Å². The lowest BCUT2D eigenvalue weighted by molar-refractivity contribution is -0.129. The lowest BCUT2D eigenvalue weighted by atomic mass is 9.85. The van der Waals surface area contributed by atoms with Gasteiger partial charge in [-0.05, 0) is 38.5 Å². The smallest absolute Gasteiger partial charge is 0.240 e. The third kappa shape index (κ3) is 2.61. The number of nitriles is 1. The molecule has 0 atom stereocenters. The Labute approximate surface area is 102 Å². The highest BCUT2D eigenvalue weighted by molar-refractivity contribution is 5.85. The maximum absolute atomic E-state index is 12.2. The van der Waals surface area contributed by atoms with Crippen LogP contribution in [0.25, 0.3) is 0 Å². The molecule has 0 bridgehead atoms. The molecule has 0 spiro atoms. The SMILES string of the molecule is N#CC1(C(=O)NC2CCC(O)CC2)CCCC1. The number of aliphatic hydroxyl groups is 1. The van der Waals surface area contributed by atoms with Gasteiger partial charge in [0.05, 0.1) is 12.2 Å². The number of nitrogens with one attached hydrogen (secondary N) is 1. The van der Waals surface area contributed by atoms with Crippen LogP contribution in [-0.4, -0.2) is 23.2 Å². The Hall–Kier alpha value is -1.08. The fourth-order valence-corrected chi connectivity index (χ4v) is 2.91. The van der Waals surface area contributed by atoms with Crippen LogP contribution in [0.15, 0.2) is 0 Å². The first-order valence-corrected chi connectivity index (χ1v) is 6.56. The fraction of sp³-hybridized carbons (Fsp3) is 0.846. The number of carbonyl (C=O) groups is 1. The third-order valence-corrected chi connectivity index (χ3v) is 4.14. The van der Waals surface area contributed by atoms with E-state index in [1.165, 1.54) is 0 Å². The number of nitrogens with zero attached hydrogens (tertiary/aromatic N) is 1. The normalized spacial score (nSPS) is 31.8. The standard InChI is InChI=1S/C13H20N2O2/c14-9-13(7-1-2-8-13)12(17)15-10-3-5-11(16)6-4-10/h10-11,16H,1-8H2,(H,15,17). The van der Waals surface area contributed by atoms with Gasteiger partial charge in [-0.25, -0.2) is 0 Å². The first-order valence-electron chi connectivity index (χ1n) is 6.56. The quantitative estimate of drug-likeness (QED) is 0.763. The first-order chi connectivity index (χ1) is 8.16. The molecule has 0 saturated heterocycles. The summed E-state index contributed by atoms with van der Waals surface area (Å²) in [4.78, 5) is 12.2. The predicted octanol–water partition coefficient (Wildman–Crippen LogP) is 1.49. The highest BCUT2D eigenvalue weighted by Gasteiger charge is 2.42. The van der Waals surface area contributed by atoms with Gasteiger partial charge in [-0.15, -0.1) is 0 Å². The van der Waals surface area contributed by atoms with Crippen LogP contribution in [0.4, 0.5) is 0 Å². The van der Waals surface area contributed by atoms with Gasteiger partial charge in [-0.3, -0.25) is 4.79 Å².